The molecule has 0 radical (unpaired) electrons. The molecule has 0 bridgehead atoms. The topological polar surface area (TPSA) is 52.6 Å². The van der Waals surface area contributed by atoms with Gasteiger partial charge in [-0.25, -0.2) is 0 Å². The second-order valence-electron chi connectivity index (χ2n) is 17.8. The van der Waals surface area contributed by atoms with Crippen molar-refractivity contribution in [3.8, 4) is 11.5 Å². The van der Waals surface area contributed by atoms with Crippen LogP contribution >= 0.6 is 0 Å². The molecule has 4 heteroatoms. The van der Waals surface area contributed by atoms with E-state index in [1.165, 1.54) is 102 Å². The van der Waals surface area contributed by atoms with Gasteiger partial charge in [-0.1, -0.05) is 117 Å². The molecule has 4 nitrogen and oxygen atoms in total. The molecule has 3 fully saturated rings. The van der Waals surface area contributed by atoms with Crippen LogP contribution in [0.15, 0.2) is 40.7 Å². The van der Waals surface area contributed by atoms with Crippen LogP contribution in [0, 0.1) is 52.3 Å². The number of hydrogen-bond acceptors (Lipinski definition) is 4. The number of rotatable bonds is 17. The number of fused-ring (bicyclic) bond motifs is 5. The van der Waals surface area contributed by atoms with Gasteiger partial charge in [-0.15, -0.1) is 0 Å². The summed E-state index contributed by atoms with van der Waals surface area (Å²) in [6.07, 6.45) is 26.0. The zero-order valence-electron chi connectivity index (χ0n) is 32.2. The van der Waals surface area contributed by atoms with Crippen LogP contribution in [0.1, 0.15) is 164 Å². The third kappa shape index (κ3) is 9.04. The summed E-state index contributed by atoms with van der Waals surface area (Å²) >= 11 is 0. The highest BCUT2D eigenvalue weighted by Crippen LogP contribution is 2.67. The van der Waals surface area contributed by atoms with Crippen LogP contribution in [0.25, 0.3) is 0 Å². The predicted octanol–water partition coefficient (Wildman–Crippen LogP) is 12.1. The Morgan fingerprint density at radius 3 is 2.33 bits per heavy atom. The molecule has 0 unspecified atom stereocenters. The van der Waals surface area contributed by atoms with Gasteiger partial charge in [-0.3, -0.25) is 9.59 Å². The lowest BCUT2D eigenvalue weighted by atomic mass is 9.46. The summed E-state index contributed by atoms with van der Waals surface area (Å²) in [4.78, 5) is 26.4. The Bertz CT molecular complexity index is 1320. The van der Waals surface area contributed by atoms with E-state index in [0.29, 0.717) is 17.8 Å². The second kappa shape index (κ2) is 17.4. The summed E-state index contributed by atoms with van der Waals surface area (Å²) in [6, 6.07) is 6.58. The van der Waals surface area contributed by atoms with Crippen molar-refractivity contribution < 1.29 is 14.3 Å². The largest absolute Gasteiger partial charge is 0.494 e. The van der Waals surface area contributed by atoms with Crippen molar-refractivity contribution in [3.05, 3.63) is 46.1 Å². The average molecular weight is 675 g/mol. The molecule has 0 aromatic heterocycles. The fraction of sp³-hybridized carbons (Fsp3) is 0.778. The molecule has 274 valence electrons. The molecule has 4 aliphatic rings. The number of carbonyl (C=O) groups is 1. The van der Waals surface area contributed by atoms with Crippen LogP contribution in [0.4, 0.5) is 0 Å². The molecule has 0 N–H and O–H groups in total. The van der Waals surface area contributed by atoms with Crippen LogP contribution in [0.2, 0.25) is 0 Å². The Morgan fingerprint density at radius 2 is 1.57 bits per heavy atom. The van der Waals surface area contributed by atoms with Gasteiger partial charge < -0.3 is 9.47 Å². The van der Waals surface area contributed by atoms with Crippen molar-refractivity contribution in [1.29, 1.82) is 0 Å². The second-order valence-corrected chi connectivity index (χ2v) is 17.8. The minimum absolute atomic E-state index is 0.110. The maximum Gasteiger partial charge on any atom is 0.314 e. The zero-order chi connectivity index (χ0) is 35.0. The maximum absolute atomic E-state index is 13.5. The van der Waals surface area contributed by atoms with Crippen LogP contribution in [-0.2, 0) is 4.79 Å². The van der Waals surface area contributed by atoms with Gasteiger partial charge in [-0.2, -0.15) is 0 Å². The third-order valence-electron chi connectivity index (χ3n) is 14.2. The lowest BCUT2D eigenvalue weighted by Gasteiger charge is -2.58. The Labute approximate surface area is 299 Å². The Kier molecular flexibility index (Phi) is 13.6. The van der Waals surface area contributed by atoms with Gasteiger partial charge in [0.25, 0.3) is 0 Å². The Morgan fingerprint density at radius 1 is 0.837 bits per heavy atom. The number of carbonyl (C=O) groups excluding carboxylic acids is 1. The lowest BCUT2D eigenvalue weighted by molar-refractivity contribution is -0.140. The highest BCUT2D eigenvalue weighted by molar-refractivity contribution is 5.75. The molecule has 49 heavy (non-hydrogen) atoms. The molecule has 1 aromatic rings. The lowest BCUT2D eigenvalue weighted by Crippen LogP contribution is -2.51. The fourth-order valence-corrected chi connectivity index (χ4v) is 11.2. The third-order valence-corrected chi connectivity index (χ3v) is 14.2. The van der Waals surface area contributed by atoms with Crippen molar-refractivity contribution in [2.45, 2.75) is 164 Å². The maximum atomic E-state index is 13.5. The molecule has 8 atom stereocenters. The number of allylic oxidation sites excluding steroid dienone is 2. The number of esters is 1. The normalized spacial score (nSPS) is 31.3. The highest BCUT2D eigenvalue weighted by atomic mass is 16.5. The summed E-state index contributed by atoms with van der Waals surface area (Å²) in [5, 5.41) is 0. The van der Waals surface area contributed by atoms with Gasteiger partial charge in [-0.05, 0) is 128 Å². The monoisotopic (exact) mass is 675 g/mol. The standard InChI is InChI=1S/C45H70O4/c1-7-8-9-10-11-12-13-14-30-48-36-19-24-41(46)42(25-20-36)49-43(47)34-26-28-44(5)35(31-34)18-21-37-39-23-22-38(33(4)17-15-16-32(2)3)45(39,6)29-27-40(37)44/h18-20,24-25,32-34,37-40H,7-17,21-23,26-31H2,1-6H3/t33-,34+,37+,38-,39+,40+,44+,45-/m1/s1. The van der Waals surface area contributed by atoms with Crippen LogP contribution < -0.4 is 14.9 Å². The van der Waals surface area contributed by atoms with E-state index in [1.807, 2.05) is 0 Å². The quantitative estimate of drug-likeness (QED) is 0.0937. The van der Waals surface area contributed by atoms with Crippen molar-refractivity contribution in [2.75, 3.05) is 6.61 Å². The number of ether oxygens (including phenoxy) is 2. The first-order valence-electron chi connectivity index (χ1n) is 20.7. The Hall–Kier alpha value is -2.10. The summed E-state index contributed by atoms with van der Waals surface area (Å²) in [5.74, 6) is 5.18. The summed E-state index contributed by atoms with van der Waals surface area (Å²) < 4.78 is 11.8. The molecule has 0 aliphatic heterocycles. The smallest absolute Gasteiger partial charge is 0.314 e. The molecule has 4 aliphatic carbocycles. The first kappa shape index (κ1) is 38.1. The first-order chi connectivity index (χ1) is 23.6. The predicted molar refractivity (Wildman–Crippen MR) is 203 cm³/mol. The van der Waals surface area contributed by atoms with E-state index in [0.717, 1.165) is 67.6 Å². The molecule has 3 saturated carbocycles. The number of hydrogen-bond donors (Lipinski definition) is 0. The van der Waals surface area contributed by atoms with E-state index in [2.05, 4.69) is 47.6 Å². The van der Waals surface area contributed by atoms with E-state index in [1.54, 1.807) is 18.2 Å². The zero-order valence-corrected chi connectivity index (χ0v) is 32.2. The Balaban J connectivity index is 1.13. The molecular weight excluding hydrogens is 604 g/mol. The van der Waals surface area contributed by atoms with Crippen LogP contribution in [0.5, 0.6) is 11.5 Å². The highest BCUT2D eigenvalue weighted by Gasteiger charge is 2.59. The van der Waals surface area contributed by atoms with Crippen molar-refractivity contribution in [1.82, 2.24) is 0 Å². The van der Waals surface area contributed by atoms with E-state index in [9.17, 15) is 9.59 Å². The van der Waals surface area contributed by atoms with E-state index < -0.39 is 0 Å². The average Bonchev–Trinajstić information content (AvgIpc) is 3.34. The molecule has 0 spiro atoms. The SMILES string of the molecule is CCCCCCCCCCOc1ccc(OC(=O)[C@H]2CC[C@@]3(C)C(=CC[C@H]4[C@@H]5CC[C@H]([C@H](C)CCCC(C)C)[C@@]5(C)CC[C@@H]43)C2)c(=O)cc1. The molecule has 0 amide bonds. The molecule has 0 heterocycles. The van der Waals surface area contributed by atoms with E-state index in [-0.39, 0.29) is 28.5 Å². The van der Waals surface area contributed by atoms with Crippen LogP contribution in [0.3, 0.4) is 0 Å². The minimum Gasteiger partial charge on any atom is -0.494 e. The van der Waals surface area contributed by atoms with Gasteiger partial charge in [0, 0.05) is 0 Å². The summed E-state index contributed by atoms with van der Waals surface area (Å²) in [5.41, 5.74) is 1.89. The van der Waals surface area contributed by atoms with Crippen LogP contribution in [-0.4, -0.2) is 12.6 Å². The molecular formula is C45H70O4. The van der Waals surface area contributed by atoms with Crippen molar-refractivity contribution in [2.24, 2.45) is 52.3 Å². The summed E-state index contributed by atoms with van der Waals surface area (Å²) in [6.45, 7) is 15.3. The van der Waals surface area contributed by atoms with Gasteiger partial charge in [0.1, 0.15) is 5.75 Å². The summed E-state index contributed by atoms with van der Waals surface area (Å²) in [7, 11) is 0. The van der Waals surface area contributed by atoms with Crippen molar-refractivity contribution >= 4 is 5.97 Å². The van der Waals surface area contributed by atoms with Gasteiger partial charge >= 0.3 is 5.97 Å². The van der Waals surface area contributed by atoms with Gasteiger partial charge in [0.05, 0.1) is 12.5 Å². The van der Waals surface area contributed by atoms with E-state index >= 15 is 0 Å². The molecule has 0 saturated heterocycles. The first-order valence-corrected chi connectivity index (χ1v) is 20.7. The van der Waals surface area contributed by atoms with Gasteiger partial charge in [0.15, 0.2) is 5.75 Å². The van der Waals surface area contributed by atoms with Crippen molar-refractivity contribution in [3.63, 3.8) is 0 Å². The molecule has 5 rings (SSSR count). The van der Waals surface area contributed by atoms with E-state index in [4.69, 9.17) is 9.47 Å². The van der Waals surface area contributed by atoms with Gasteiger partial charge in [0.2, 0.25) is 5.43 Å². The number of unbranched alkanes of at least 4 members (excludes halogenated alkanes) is 7. The fourth-order valence-electron chi connectivity index (χ4n) is 11.2. The molecule has 1 aromatic carbocycles. The minimum atomic E-state index is -0.273.